The predicted octanol–water partition coefficient (Wildman–Crippen LogP) is 3.02. The van der Waals surface area contributed by atoms with Crippen LogP contribution in [0.4, 0.5) is 15.9 Å². The molecule has 1 aromatic heterocycles. The second-order valence-electron chi connectivity index (χ2n) is 8.59. The number of rotatable bonds is 9. The normalized spacial score (nSPS) is 16.1. The molecule has 1 atom stereocenters. The highest BCUT2D eigenvalue weighted by Gasteiger charge is 2.18. The summed E-state index contributed by atoms with van der Waals surface area (Å²) in [5, 5.41) is 13.0. The molecule has 2 heterocycles. The first kappa shape index (κ1) is 24.1. The average Bonchev–Trinajstić information content (AvgIpc) is 3.00. The van der Waals surface area contributed by atoms with Crippen molar-refractivity contribution in [3.05, 3.63) is 54.0 Å². The van der Waals surface area contributed by atoms with E-state index in [1.807, 2.05) is 12.1 Å². The average molecular weight is 445 g/mol. The number of aliphatic hydroxyl groups is 1. The van der Waals surface area contributed by atoms with Crippen molar-refractivity contribution in [3.8, 4) is 0 Å². The van der Waals surface area contributed by atoms with E-state index in [0.717, 1.165) is 38.4 Å². The third-order valence-corrected chi connectivity index (χ3v) is 5.26. The Morgan fingerprint density at radius 2 is 1.91 bits per heavy atom. The van der Waals surface area contributed by atoms with Crippen LogP contribution in [0, 0.1) is 11.7 Å². The van der Waals surface area contributed by atoms with Gasteiger partial charge in [0.25, 0.3) is 5.91 Å². The molecule has 8 heteroatoms. The quantitative estimate of drug-likeness (QED) is 0.619. The number of anilines is 2. The molecule has 1 fully saturated rings. The number of amides is 1. The van der Waals surface area contributed by atoms with E-state index in [1.165, 1.54) is 24.3 Å². The number of halogens is 1. The minimum Gasteiger partial charge on any atom is -0.389 e. The zero-order valence-corrected chi connectivity index (χ0v) is 18.8. The lowest BCUT2D eigenvalue weighted by molar-refractivity contribution is 0.00917. The van der Waals surface area contributed by atoms with Gasteiger partial charge in [0.05, 0.1) is 24.6 Å². The SMILES string of the molecule is CC(C)COCC(O)CN1CCCN(c2ccc(NC(=O)c3ccc(F)cc3)cn2)CC1. The molecule has 2 N–H and O–H groups in total. The zero-order valence-electron chi connectivity index (χ0n) is 18.8. The molecule has 1 aromatic carbocycles. The summed E-state index contributed by atoms with van der Waals surface area (Å²) < 4.78 is 18.6. The second-order valence-corrected chi connectivity index (χ2v) is 8.59. The number of ether oxygens (including phenoxy) is 1. The lowest BCUT2D eigenvalue weighted by Gasteiger charge is -2.24. The van der Waals surface area contributed by atoms with Crippen molar-refractivity contribution in [2.75, 3.05) is 56.2 Å². The van der Waals surface area contributed by atoms with Gasteiger partial charge in [0, 0.05) is 38.3 Å². The maximum Gasteiger partial charge on any atom is 0.255 e. The largest absolute Gasteiger partial charge is 0.389 e. The minimum absolute atomic E-state index is 0.305. The van der Waals surface area contributed by atoms with Crippen molar-refractivity contribution in [2.24, 2.45) is 5.92 Å². The summed E-state index contributed by atoms with van der Waals surface area (Å²) in [4.78, 5) is 21.3. The maximum absolute atomic E-state index is 13.0. The summed E-state index contributed by atoms with van der Waals surface area (Å²) in [5.41, 5.74) is 0.976. The lowest BCUT2D eigenvalue weighted by atomic mass is 10.2. The Kier molecular flexibility index (Phi) is 8.96. The van der Waals surface area contributed by atoms with Crippen LogP contribution in [0.5, 0.6) is 0 Å². The van der Waals surface area contributed by atoms with E-state index in [4.69, 9.17) is 4.74 Å². The number of hydrogen-bond donors (Lipinski definition) is 2. The number of hydrogen-bond acceptors (Lipinski definition) is 6. The number of carbonyl (C=O) groups is 1. The first-order chi connectivity index (χ1) is 15.4. The molecular formula is C24H33FN4O3. The van der Waals surface area contributed by atoms with Gasteiger partial charge in [-0.25, -0.2) is 9.37 Å². The number of benzene rings is 1. The molecule has 2 aromatic rings. The van der Waals surface area contributed by atoms with Crippen molar-refractivity contribution in [1.82, 2.24) is 9.88 Å². The maximum atomic E-state index is 13.0. The van der Waals surface area contributed by atoms with Crippen LogP contribution in [0.3, 0.4) is 0 Å². The molecule has 0 radical (unpaired) electrons. The zero-order chi connectivity index (χ0) is 22.9. The molecule has 0 saturated carbocycles. The van der Waals surface area contributed by atoms with Gasteiger partial charge < -0.3 is 20.1 Å². The van der Waals surface area contributed by atoms with Crippen molar-refractivity contribution in [1.29, 1.82) is 0 Å². The Balaban J connectivity index is 1.47. The molecule has 3 rings (SSSR count). The number of pyridine rings is 1. The molecule has 1 aliphatic rings. The highest BCUT2D eigenvalue weighted by Crippen LogP contribution is 2.17. The Morgan fingerprint density at radius 3 is 2.59 bits per heavy atom. The van der Waals surface area contributed by atoms with Crippen molar-refractivity contribution >= 4 is 17.4 Å². The monoisotopic (exact) mass is 444 g/mol. The van der Waals surface area contributed by atoms with Crippen LogP contribution >= 0.6 is 0 Å². The topological polar surface area (TPSA) is 77.9 Å². The molecule has 1 unspecified atom stereocenters. The molecule has 174 valence electrons. The molecule has 32 heavy (non-hydrogen) atoms. The third-order valence-electron chi connectivity index (χ3n) is 5.26. The molecule has 0 spiro atoms. The van der Waals surface area contributed by atoms with Crippen LogP contribution in [0.15, 0.2) is 42.6 Å². The van der Waals surface area contributed by atoms with E-state index in [9.17, 15) is 14.3 Å². The van der Waals surface area contributed by atoms with Crippen molar-refractivity contribution < 1.29 is 19.0 Å². The van der Waals surface area contributed by atoms with E-state index >= 15 is 0 Å². The number of nitrogens with zero attached hydrogens (tertiary/aromatic N) is 3. The van der Waals surface area contributed by atoms with E-state index < -0.39 is 6.10 Å². The Morgan fingerprint density at radius 1 is 1.12 bits per heavy atom. The van der Waals surface area contributed by atoms with Crippen LogP contribution in [-0.2, 0) is 4.74 Å². The Bertz CT molecular complexity index is 845. The van der Waals surface area contributed by atoms with Crippen LogP contribution < -0.4 is 10.2 Å². The van der Waals surface area contributed by atoms with E-state index in [0.29, 0.717) is 36.9 Å². The summed E-state index contributed by atoms with van der Waals surface area (Å²) in [5.74, 6) is 0.634. The lowest BCUT2D eigenvalue weighted by Crippen LogP contribution is -2.38. The van der Waals surface area contributed by atoms with Crippen LogP contribution in [-0.4, -0.2) is 72.9 Å². The number of aromatic nitrogens is 1. The summed E-state index contributed by atoms with van der Waals surface area (Å²) >= 11 is 0. The summed E-state index contributed by atoms with van der Waals surface area (Å²) in [6.07, 6.45) is 2.13. The van der Waals surface area contributed by atoms with E-state index in [1.54, 1.807) is 6.20 Å². The number of β-amino-alcohol motifs (C(OH)–C–C–N with tert-alkyl or cyclic N) is 1. The van der Waals surface area contributed by atoms with Gasteiger partial charge in [-0.05, 0) is 55.3 Å². The van der Waals surface area contributed by atoms with Gasteiger partial charge >= 0.3 is 0 Å². The summed E-state index contributed by atoms with van der Waals surface area (Å²) in [6, 6.07) is 9.13. The number of nitrogens with one attached hydrogen (secondary N) is 1. The van der Waals surface area contributed by atoms with Crippen LogP contribution in [0.2, 0.25) is 0 Å². The summed E-state index contributed by atoms with van der Waals surface area (Å²) in [6.45, 7) is 9.27. The van der Waals surface area contributed by atoms with Gasteiger partial charge in [-0.3, -0.25) is 9.69 Å². The molecule has 1 saturated heterocycles. The predicted molar refractivity (Wildman–Crippen MR) is 124 cm³/mol. The first-order valence-electron chi connectivity index (χ1n) is 11.2. The molecule has 0 aliphatic carbocycles. The van der Waals surface area contributed by atoms with E-state index in [2.05, 4.69) is 33.9 Å². The van der Waals surface area contributed by atoms with Crippen molar-refractivity contribution in [2.45, 2.75) is 26.4 Å². The van der Waals surface area contributed by atoms with Gasteiger partial charge in [0.2, 0.25) is 0 Å². The van der Waals surface area contributed by atoms with Gasteiger partial charge in [-0.15, -0.1) is 0 Å². The highest BCUT2D eigenvalue weighted by atomic mass is 19.1. The van der Waals surface area contributed by atoms with Gasteiger partial charge in [0.15, 0.2) is 0 Å². The molecule has 1 aliphatic heterocycles. The van der Waals surface area contributed by atoms with E-state index in [-0.39, 0.29) is 11.7 Å². The van der Waals surface area contributed by atoms with Gasteiger partial charge in [0.1, 0.15) is 11.6 Å². The second kappa shape index (κ2) is 11.9. The van der Waals surface area contributed by atoms with Gasteiger partial charge in [-0.2, -0.15) is 0 Å². The van der Waals surface area contributed by atoms with Crippen LogP contribution in [0.1, 0.15) is 30.6 Å². The fraction of sp³-hybridized carbons (Fsp3) is 0.500. The van der Waals surface area contributed by atoms with Gasteiger partial charge in [-0.1, -0.05) is 13.8 Å². The highest BCUT2D eigenvalue weighted by molar-refractivity contribution is 6.04. The Labute approximate surface area is 189 Å². The fourth-order valence-corrected chi connectivity index (χ4v) is 3.62. The molecule has 1 amide bonds. The van der Waals surface area contributed by atoms with Crippen molar-refractivity contribution in [3.63, 3.8) is 0 Å². The van der Waals surface area contributed by atoms with Crippen LogP contribution in [0.25, 0.3) is 0 Å². The number of aliphatic hydroxyl groups excluding tert-OH is 1. The standard InChI is InChI=1S/C24H33FN4O3/c1-18(2)16-32-17-22(30)15-28-10-3-11-29(13-12-28)23-9-8-21(14-26-23)27-24(31)19-4-6-20(25)7-5-19/h4-9,14,18,22,30H,3,10-13,15-17H2,1-2H3,(H,27,31). The Hall–Kier alpha value is -2.55. The number of carbonyl (C=O) groups excluding carboxylic acids is 1. The summed E-state index contributed by atoms with van der Waals surface area (Å²) in [7, 11) is 0. The molecular weight excluding hydrogens is 411 g/mol. The minimum atomic E-state index is -0.484. The fourth-order valence-electron chi connectivity index (χ4n) is 3.62. The first-order valence-corrected chi connectivity index (χ1v) is 11.2. The molecule has 7 nitrogen and oxygen atoms in total. The third kappa shape index (κ3) is 7.55. The smallest absolute Gasteiger partial charge is 0.255 e. The molecule has 0 bridgehead atoms.